The van der Waals surface area contributed by atoms with Crippen LogP contribution >= 0.6 is 15.9 Å². The molecule has 1 spiro atoms. The molecule has 156 valence electrons. The third-order valence-corrected chi connectivity index (χ3v) is 6.55. The zero-order chi connectivity index (χ0) is 20.9. The van der Waals surface area contributed by atoms with Gasteiger partial charge in [-0.1, -0.05) is 12.1 Å². The topological polar surface area (TPSA) is 75.7 Å². The summed E-state index contributed by atoms with van der Waals surface area (Å²) >= 11 is 3.19. The van der Waals surface area contributed by atoms with Crippen LogP contribution in [0.2, 0.25) is 0 Å². The minimum absolute atomic E-state index is 0.194. The van der Waals surface area contributed by atoms with Crippen molar-refractivity contribution in [3.63, 3.8) is 0 Å². The third kappa shape index (κ3) is 4.68. The standard InChI is InChI=1S/C19H26BrFN2O4S/c1-18(2,3)27-17(24)23-11-19(8-9-19)16(22-28(4,25)26)14(23)10-12-6-5-7-13(20)15(12)21/h5-7,14,16,22H,8-11H2,1-4H3/t14-,16+/m0/s1. The average Bonchev–Trinajstić information content (AvgIpc) is 3.24. The van der Waals surface area contributed by atoms with Crippen molar-refractivity contribution in [2.24, 2.45) is 5.41 Å². The Bertz CT molecular complexity index is 880. The van der Waals surface area contributed by atoms with Crippen molar-refractivity contribution >= 4 is 32.0 Å². The van der Waals surface area contributed by atoms with Gasteiger partial charge in [-0.15, -0.1) is 0 Å². The molecular formula is C19H26BrFN2O4S. The highest BCUT2D eigenvalue weighted by atomic mass is 79.9. The number of carbonyl (C=O) groups excluding carboxylic acids is 1. The van der Waals surface area contributed by atoms with Crippen molar-refractivity contribution in [2.75, 3.05) is 12.8 Å². The lowest BCUT2D eigenvalue weighted by Gasteiger charge is -2.31. The molecule has 0 unspecified atom stereocenters. The van der Waals surface area contributed by atoms with Crippen LogP contribution in [0.3, 0.4) is 0 Å². The van der Waals surface area contributed by atoms with Crippen molar-refractivity contribution in [1.29, 1.82) is 0 Å². The lowest BCUT2D eigenvalue weighted by atomic mass is 9.92. The molecule has 0 bridgehead atoms. The van der Waals surface area contributed by atoms with Gasteiger partial charge in [0.2, 0.25) is 10.0 Å². The molecule has 2 aliphatic rings. The number of carbonyl (C=O) groups is 1. The predicted octanol–water partition coefficient (Wildman–Crippen LogP) is 3.45. The molecule has 1 N–H and O–H groups in total. The minimum atomic E-state index is -3.50. The number of likely N-dealkylation sites (tertiary alicyclic amines) is 1. The minimum Gasteiger partial charge on any atom is -0.444 e. The number of halogens is 2. The van der Waals surface area contributed by atoms with Gasteiger partial charge < -0.3 is 9.64 Å². The Balaban J connectivity index is 1.96. The zero-order valence-electron chi connectivity index (χ0n) is 16.5. The highest BCUT2D eigenvalue weighted by molar-refractivity contribution is 9.10. The van der Waals surface area contributed by atoms with Gasteiger partial charge in [0.15, 0.2) is 0 Å². The highest BCUT2D eigenvalue weighted by Gasteiger charge is 2.61. The van der Waals surface area contributed by atoms with Gasteiger partial charge in [-0.25, -0.2) is 22.3 Å². The first-order valence-corrected chi connectivity index (χ1v) is 11.9. The van der Waals surface area contributed by atoms with Gasteiger partial charge in [0, 0.05) is 18.0 Å². The highest BCUT2D eigenvalue weighted by Crippen LogP contribution is 2.55. The summed E-state index contributed by atoms with van der Waals surface area (Å²) in [7, 11) is -3.50. The molecule has 2 atom stereocenters. The van der Waals surface area contributed by atoms with Crippen molar-refractivity contribution in [2.45, 2.75) is 57.7 Å². The van der Waals surface area contributed by atoms with Crippen LogP contribution in [0.1, 0.15) is 39.2 Å². The fraction of sp³-hybridized carbons (Fsp3) is 0.632. The normalized spacial score (nSPS) is 23.9. The molecule has 1 heterocycles. The summed E-state index contributed by atoms with van der Waals surface area (Å²) in [4.78, 5) is 14.4. The number of amides is 1. The van der Waals surface area contributed by atoms with Crippen LogP contribution in [0, 0.1) is 11.2 Å². The first kappa shape index (κ1) is 21.5. The fourth-order valence-electron chi connectivity index (χ4n) is 3.89. The first-order valence-electron chi connectivity index (χ1n) is 9.21. The van der Waals surface area contributed by atoms with Crippen LogP contribution in [-0.4, -0.2) is 49.9 Å². The largest absolute Gasteiger partial charge is 0.444 e. The van der Waals surface area contributed by atoms with Crippen LogP contribution in [0.15, 0.2) is 22.7 Å². The van der Waals surface area contributed by atoms with Crippen LogP contribution in [0.5, 0.6) is 0 Å². The molecule has 1 aromatic rings. The Morgan fingerprint density at radius 1 is 1.39 bits per heavy atom. The third-order valence-electron chi connectivity index (χ3n) is 5.25. The summed E-state index contributed by atoms with van der Waals surface area (Å²) in [6, 6.07) is 3.97. The van der Waals surface area contributed by atoms with E-state index >= 15 is 0 Å². The van der Waals surface area contributed by atoms with E-state index in [9.17, 15) is 17.6 Å². The van der Waals surface area contributed by atoms with E-state index < -0.39 is 39.6 Å². The number of nitrogens with zero attached hydrogens (tertiary/aromatic N) is 1. The van der Waals surface area contributed by atoms with Gasteiger partial charge in [0.05, 0.1) is 16.8 Å². The molecule has 0 aromatic heterocycles. The number of rotatable bonds is 4. The lowest BCUT2D eigenvalue weighted by molar-refractivity contribution is 0.0213. The Labute approximate surface area is 174 Å². The Morgan fingerprint density at radius 3 is 2.57 bits per heavy atom. The van der Waals surface area contributed by atoms with Gasteiger partial charge in [-0.2, -0.15) is 0 Å². The molecule has 1 saturated heterocycles. The van der Waals surface area contributed by atoms with E-state index in [0.29, 0.717) is 16.6 Å². The summed E-state index contributed by atoms with van der Waals surface area (Å²) < 4.78 is 47.2. The summed E-state index contributed by atoms with van der Waals surface area (Å²) in [5, 5.41) is 0. The summed E-state index contributed by atoms with van der Waals surface area (Å²) in [6.45, 7) is 5.74. The van der Waals surface area contributed by atoms with Crippen LogP contribution in [-0.2, 0) is 21.2 Å². The van der Waals surface area contributed by atoms with E-state index in [0.717, 1.165) is 19.1 Å². The van der Waals surface area contributed by atoms with E-state index in [2.05, 4.69) is 20.7 Å². The molecule has 1 aliphatic carbocycles. The van der Waals surface area contributed by atoms with Gasteiger partial charge in [-0.05, 0) is 67.6 Å². The number of benzene rings is 1. The summed E-state index contributed by atoms with van der Waals surface area (Å²) in [5.74, 6) is -0.401. The quantitative estimate of drug-likeness (QED) is 0.721. The predicted molar refractivity (Wildman–Crippen MR) is 108 cm³/mol. The van der Waals surface area contributed by atoms with Crippen molar-refractivity contribution in [3.05, 3.63) is 34.1 Å². The smallest absolute Gasteiger partial charge is 0.410 e. The molecule has 6 nitrogen and oxygen atoms in total. The maximum atomic E-state index is 14.6. The van der Waals surface area contributed by atoms with Crippen molar-refractivity contribution in [1.82, 2.24) is 9.62 Å². The molecule has 9 heteroatoms. The van der Waals surface area contributed by atoms with E-state index in [4.69, 9.17) is 4.74 Å². The molecule has 1 saturated carbocycles. The second-order valence-corrected chi connectivity index (χ2v) is 11.5. The van der Waals surface area contributed by atoms with Crippen molar-refractivity contribution in [3.8, 4) is 0 Å². The monoisotopic (exact) mass is 476 g/mol. The second-order valence-electron chi connectivity index (χ2n) is 8.82. The number of hydrogen-bond donors (Lipinski definition) is 1. The van der Waals surface area contributed by atoms with E-state index in [1.807, 2.05) is 0 Å². The van der Waals surface area contributed by atoms with E-state index in [-0.39, 0.29) is 11.8 Å². The molecule has 3 rings (SSSR count). The molecule has 2 fully saturated rings. The van der Waals surface area contributed by atoms with Crippen LogP contribution in [0.25, 0.3) is 0 Å². The number of nitrogens with one attached hydrogen (secondary N) is 1. The zero-order valence-corrected chi connectivity index (χ0v) is 18.9. The van der Waals surface area contributed by atoms with E-state index in [1.54, 1.807) is 43.9 Å². The van der Waals surface area contributed by atoms with Crippen LogP contribution in [0.4, 0.5) is 9.18 Å². The SMILES string of the molecule is CC(C)(C)OC(=O)N1CC2(CC2)[C@H](NS(C)(=O)=O)[C@@H]1Cc1cccc(Br)c1F. The van der Waals surface area contributed by atoms with Gasteiger partial charge in [-0.3, -0.25) is 0 Å². The Kier molecular flexibility index (Phi) is 5.57. The second kappa shape index (κ2) is 7.25. The average molecular weight is 477 g/mol. The summed E-state index contributed by atoms with van der Waals surface area (Å²) in [5.41, 5.74) is -0.569. The number of hydrogen-bond acceptors (Lipinski definition) is 4. The molecule has 1 aliphatic heterocycles. The molecule has 0 radical (unpaired) electrons. The lowest BCUT2D eigenvalue weighted by Crippen LogP contribution is -2.50. The molecule has 1 amide bonds. The van der Waals surface area contributed by atoms with Crippen LogP contribution < -0.4 is 4.72 Å². The van der Waals surface area contributed by atoms with Gasteiger partial charge >= 0.3 is 6.09 Å². The Morgan fingerprint density at radius 2 is 2.04 bits per heavy atom. The first-order chi connectivity index (χ1) is 12.8. The number of sulfonamides is 1. The number of ether oxygens (including phenoxy) is 1. The Hall–Kier alpha value is -1.19. The summed E-state index contributed by atoms with van der Waals surface area (Å²) in [6.07, 6.45) is 2.43. The van der Waals surface area contributed by atoms with Crippen molar-refractivity contribution < 1.29 is 22.3 Å². The maximum absolute atomic E-state index is 14.6. The van der Waals surface area contributed by atoms with Gasteiger partial charge in [0.1, 0.15) is 11.4 Å². The molecule has 28 heavy (non-hydrogen) atoms. The molecule has 1 aromatic carbocycles. The van der Waals surface area contributed by atoms with Gasteiger partial charge in [0.25, 0.3) is 0 Å². The molecular weight excluding hydrogens is 451 g/mol. The fourth-order valence-corrected chi connectivity index (χ4v) is 5.16. The van der Waals surface area contributed by atoms with E-state index in [1.165, 1.54) is 0 Å². The maximum Gasteiger partial charge on any atom is 0.410 e.